The third-order valence-electron chi connectivity index (χ3n) is 3.41. The molecule has 2 heterocycles. The number of rotatable bonds is 5. The van der Waals surface area contributed by atoms with Gasteiger partial charge in [-0.3, -0.25) is 9.88 Å². The summed E-state index contributed by atoms with van der Waals surface area (Å²) in [5.41, 5.74) is 2.23. The molecule has 19 heavy (non-hydrogen) atoms. The van der Waals surface area contributed by atoms with E-state index in [0.29, 0.717) is 12.0 Å². The second-order valence-electron chi connectivity index (χ2n) is 5.25. The predicted molar refractivity (Wildman–Crippen MR) is 74.7 cm³/mol. The van der Waals surface area contributed by atoms with Crippen LogP contribution < -0.4 is 0 Å². The summed E-state index contributed by atoms with van der Waals surface area (Å²) in [4.78, 5) is 6.30. The van der Waals surface area contributed by atoms with E-state index in [-0.39, 0.29) is 0 Å². The Morgan fingerprint density at radius 1 is 1.21 bits per heavy atom. The molecule has 0 aliphatic heterocycles. The summed E-state index contributed by atoms with van der Waals surface area (Å²) < 4.78 is 5.33. The molecule has 0 amide bonds. The fraction of sp³-hybridized carbons (Fsp3) is 0.467. The third kappa shape index (κ3) is 3.41. The second kappa shape index (κ2) is 5.97. The van der Waals surface area contributed by atoms with E-state index in [1.165, 1.54) is 5.56 Å². The summed E-state index contributed by atoms with van der Waals surface area (Å²) in [7, 11) is 2.09. The zero-order chi connectivity index (χ0) is 13.8. The molecule has 1 atom stereocenters. The Hall–Kier alpha value is -1.68. The molecule has 0 aliphatic rings. The van der Waals surface area contributed by atoms with Gasteiger partial charge in [-0.2, -0.15) is 0 Å². The minimum Gasteiger partial charge on any atom is -0.361 e. The van der Waals surface area contributed by atoms with Crippen LogP contribution in [0.1, 0.15) is 49.7 Å². The van der Waals surface area contributed by atoms with Gasteiger partial charge in [-0.25, -0.2) is 0 Å². The molecular weight excluding hydrogens is 238 g/mol. The van der Waals surface area contributed by atoms with Gasteiger partial charge in [-0.05, 0) is 31.7 Å². The van der Waals surface area contributed by atoms with Crippen molar-refractivity contribution in [2.24, 2.45) is 0 Å². The SMILES string of the molecule is CC(C)c1cc(CN(C)C(C)c2ccncc2)no1. The lowest BCUT2D eigenvalue weighted by Crippen LogP contribution is -2.22. The summed E-state index contributed by atoms with van der Waals surface area (Å²) in [6.07, 6.45) is 3.65. The molecule has 0 aromatic carbocycles. The number of hydrogen-bond donors (Lipinski definition) is 0. The Balaban J connectivity index is 2.02. The minimum atomic E-state index is 0.321. The quantitative estimate of drug-likeness (QED) is 0.825. The van der Waals surface area contributed by atoms with Crippen LogP contribution in [0.4, 0.5) is 0 Å². The van der Waals surface area contributed by atoms with Crippen molar-refractivity contribution in [3.05, 3.63) is 47.6 Å². The van der Waals surface area contributed by atoms with Crippen LogP contribution in [-0.2, 0) is 6.54 Å². The largest absolute Gasteiger partial charge is 0.361 e. The predicted octanol–water partition coefficient (Wildman–Crippen LogP) is 3.39. The van der Waals surface area contributed by atoms with Crippen molar-refractivity contribution >= 4 is 0 Å². The number of nitrogens with zero attached hydrogens (tertiary/aromatic N) is 3. The smallest absolute Gasteiger partial charge is 0.139 e. The van der Waals surface area contributed by atoms with Crippen LogP contribution in [0.15, 0.2) is 35.1 Å². The summed E-state index contributed by atoms with van der Waals surface area (Å²) in [5.74, 6) is 1.32. The normalized spacial score (nSPS) is 13.2. The van der Waals surface area contributed by atoms with Gasteiger partial charge in [0.2, 0.25) is 0 Å². The van der Waals surface area contributed by atoms with Crippen molar-refractivity contribution in [1.82, 2.24) is 15.0 Å². The molecule has 0 radical (unpaired) electrons. The summed E-state index contributed by atoms with van der Waals surface area (Å²) >= 11 is 0. The van der Waals surface area contributed by atoms with Crippen LogP contribution in [0.2, 0.25) is 0 Å². The highest BCUT2D eigenvalue weighted by Gasteiger charge is 2.14. The van der Waals surface area contributed by atoms with Gasteiger partial charge in [-0.1, -0.05) is 19.0 Å². The first-order chi connectivity index (χ1) is 9.08. The molecule has 4 nitrogen and oxygen atoms in total. The third-order valence-corrected chi connectivity index (χ3v) is 3.41. The molecular formula is C15H21N3O. The van der Waals surface area contributed by atoms with Crippen LogP contribution >= 0.6 is 0 Å². The lowest BCUT2D eigenvalue weighted by Gasteiger charge is -2.23. The van der Waals surface area contributed by atoms with Gasteiger partial charge in [-0.15, -0.1) is 0 Å². The van der Waals surface area contributed by atoms with Crippen molar-refractivity contribution < 1.29 is 4.52 Å². The average Bonchev–Trinajstić information content (AvgIpc) is 2.87. The molecule has 4 heteroatoms. The Bertz CT molecular complexity index is 507. The second-order valence-corrected chi connectivity index (χ2v) is 5.25. The average molecular weight is 259 g/mol. The Kier molecular flexibility index (Phi) is 4.32. The van der Waals surface area contributed by atoms with Crippen molar-refractivity contribution in [1.29, 1.82) is 0 Å². The van der Waals surface area contributed by atoms with E-state index in [1.54, 1.807) is 0 Å². The van der Waals surface area contributed by atoms with Gasteiger partial charge in [0, 0.05) is 37.0 Å². The van der Waals surface area contributed by atoms with E-state index in [1.807, 2.05) is 30.6 Å². The van der Waals surface area contributed by atoms with Crippen LogP contribution in [0.3, 0.4) is 0 Å². The van der Waals surface area contributed by atoms with Crippen molar-refractivity contribution in [3.8, 4) is 0 Å². The van der Waals surface area contributed by atoms with Crippen molar-refractivity contribution in [2.45, 2.75) is 39.3 Å². The van der Waals surface area contributed by atoms with Gasteiger partial charge in [0.25, 0.3) is 0 Å². The van der Waals surface area contributed by atoms with E-state index >= 15 is 0 Å². The van der Waals surface area contributed by atoms with Crippen LogP contribution in [0.25, 0.3) is 0 Å². The zero-order valence-corrected chi connectivity index (χ0v) is 12.0. The molecule has 0 saturated heterocycles. The number of hydrogen-bond acceptors (Lipinski definition) is 4. The Labute approximate surface area is 114 Å². The molecule has 1 unspecified atom stereocenters. The summed E-state index contributed by atoms with van der Waals surface area (Å²) in [6.45, 7) is 7.17. The zero-order valence-electron chi connectivity index (χ0n) is 12.0. The maximum atomic E-state index is 5.33. The highest BCUT2D eigenvalue weighted by Crippen LogP contribution is 2.21. The van der Waals surface area contributed by atoms with E-state index in [0.717, 1.165) is 18.0 Å². The number of pyridine rings is 1. The molecule has 2 aromatic heterocycles. The van der Waals surface area contributed by atoms with Gasteiger partial charge in [0.05, 0.1) is 5.69 Å². The van der Waals surface area contributed by atoms with Crippen LogP contribution in [-0.4, -0.2) is 22.1 Å². The monoisotopic (exact) mass is 259 g/mol. The van der Waals surface area contributed by atoms with E-state index in [2.05, 4.69) is 42.9 Å². The molecule has 102 valence electrons. The van der Waals surface area contributed by atoms with E-state index in [9.17, 15) is 0 Å². The standard InChI is InChI=1S/C15H21N3O/c1-11(2)15-9-14(17-19-15)10-18(4)12(3)13-5-7-16-8-6-13/h5-9,11-12H,10H2,1-4H3. The topological polar surface area (TPSA) is 42.2 Å². The fourth-order valence-electron chi connectivity index (χ4n) is 1.96. The van der Waals surface area contributed by atoms with Gasteiger partial charge < -0.3 is 4.52 Å². The molecule has 0 N–H and O–H groups in total. The first-order valence-electron chi connectivity index (χ1n) is 6.63. The molecule has 0 saturated carbocycles. The summed E-state index contributed by atoms with van der Waals surface area (Å²) in [6, 6.07) is 6.45. The van der Waals surface area contributed by atoms with E-state index < -0.39 is 0 Å². The van der Waals surface area contributed by atoms with Gasteiger partial charge >= 0.3 is 0 Å². The molecule has 0 bridgehead atoms. The maximum Gasteiger partial charge on any atom is 0.139 e. The molecule has 0 aliphatic carbocycles. The first-order valence-corrected chi connectivity index (χ1v) is 6.63. The van der Waals surface area contributed by atoms with Crippen molar-refractivity contribution in [3.63, 3.8) is 0 Å². The maximum absolute atomic E-state index is 5.33. The highest BCUT2D eigenvalue weighted by molar-refractivity contribution is 5.15. The van der Waals surface area contributed by atoms with Gasteiger partial charge in [0.15, 0.2) is 0 Å². The lowest BCUT2D eigenvalue weighted by atomic mass is 10.1. The minimum absolute atomic E-state index is 0.321. The van der Waals surface area contributed by atoms with E-state index in [4.69, 9.17) is 4.52 Å². The van der Waals surface area contributed by atoms with Crippen LogP contribution in [0, 0.1) is 0 Å². The summed E-state index contributed by atoms with van der Waals surface area (Å²) in [5, 5.41) is 4.12. The highest BCUT2D eigenvalue weighted by atomic mass is 16.5. The Morgan fingerprint density at radius 3 is 2.47 bits per heavy atom. The van der Waals surface area contributed by atoms with Gasteiger partial charge in [0.1, 0.15) is 5.76 Å². The van der Waals surface area contributed by atoms with Crippen molar-refractivity contribution in [2.75, 3.05) is 7.05 Å². The Morgan fingerprint density at radius 2 is 1.89 bits per heavy atom. The molecule has 0 fully saturated rings. The molecule has 0 spiro atoms. The van der Waals surface area contributed by atoms with Crippen LogP contribution in [0.5, 0.6) is 0 Å². The first kappa shape index (κ1) is 13.7. The molecule has 2 aromatic rings. The molecule has 2 rings (SSSR count). The fourth-order valence-corrected chi connectivity index (χ4v) is 1.96. The number of aromatic nitrogens is 2. The lowest BCUT2D eigenvalue weighted by molar-refractivity contribution is 0.243.